The molecular weight excluding hydrogens is 1260 g/mol. The Hall–Kier alpha value is -8.62. The van der Waals surface area contributed by atoms with Gasteiger partial charge in [0.15, 0.2) is 5.82 Å². The van der Waals surface area contributed by atoms with Crippen LogP contribution in [0.15, 0.2) is 186 Å². The van der Waals surface area contributed by atoms with Crippen LogP contribution in [0.1, 0.15) is 199 Å². The van der Waals surface area contributed by atoms with Gasteiger partial charge in [-0.05, 0) is 219 Å². The second-order valence-corrected chi connectivity index (χ2v) is 28.7. The van der Waals surface area contributed by atoms with Crippen molar-refractivity contribution in [2.24, 2.45) is 7.05 Å². The van der Waals surface area contributed by atoms with Crippen LogP contribution >= 0.6 is 12.4 Å². The first kappa shape index (κ1) is 69.8. The first-order valence-corrected chi connectivity index (χ1v) is 37.0. The van der Waals surface area contributed by atoms with Gasteiger partial charge < -0.3 is 20.9 Å². The molecule has 12 nitrogen and oxygen atoms in total. The number of carbonyl (C=O) groups is 3. The van der Waals surface area contributed by atoms with E-state index in [0.717, 1.165) is 107 Å². The van der Waals surface area contributed by atoms with E-state index < -0.39 is 5.82 Å². The fourth-order valence-corrected chi connectivity index (χ4v) is 17.6. The van der Waals surface area contributed by atoms with Crippen molar-refractivity contribution in [1.29, 1.82) is 0 Å². The summed E-state index contributed by atoms with van der Waals surface area (Å²) in [5.74, 6) is 2.40. The largest absolute Gasteiger partial charge is 0.375 e. The number of amides is 2. The molecular formula is C86H96ClFN8O4. The molecule has 4 saturated heterocycles. The van der Waals surface area contributed by atoms with Crippen LogP contribution in [0.5, 0.6) is 0 Å². The lowest BCUT2D eigenvalue weighted by Crippen LogP contribution is -2.45. The lowest BCUT2D eigenvalue weighted by Gasteiger charge is -2.45. The number of nitrogens with zero attached hydrogens (tertiary/aromatic N) is 5. The van der Waals surface area contributed by atoms with Crippen molar-refractivity contribution in [2.45, 2.75) is 184 Å². The molecule has 100 heavy (non-hydrogen) atoms. The highest BCUT2D eigenvalue weighted by molar-refractivity contribution is 5.88. The normalized spacial score (nSPS) is 22.5. The highest BCUT2D eigenvalue weighted by Gasteiger charge is 2.39. The molecule has 4 fully saturated rings. The minimum atomic E-state index is -0.465. The fraction of sp³-hybridized carbons (Fsp3) is 0.395. The van der Waals surface area contributed by atoms with Crippen molar-refractivity contribution in [2.75, 3.05) is 26.2 Å². The number of benzene rings is 6. The molecule has 2 unspecified atom stereocenters. The summed E-state index contributed by atoms with van der Waals surface area (Å²) in [5.41, 5.74) is 21.9. The molecule has 5 aliphatic carbocycles. The Bertz CT molecular complexity index is 4360. The highest BCUT2D eigenvalue weighted by atomic mass is 35.5. The highest BCUT2D eigenvalue weighted by Crippen LogP contribution is 2.45. The van der Waals surface area contributed by atoms with Crippen molar-refractivity contribution in [3.63, 3.8) is 0 Å². The number of halogens is 2. The number of hydrogen-bond donors (Lipinski definition) is 3. The monoisotopic (exact) mass is 1360 g/mol. The van der Waals surface area contributed by atoms with E-state index in [0.29, 0.717) is 60.1 Å². The van der Waals surface area contributed by atoms with Gasteiger partial charge in [-0.1, -0.05) is 146 Å². The lowest BCUT2D eigenvalue weighted by atomic mass is 9.75. The summed E-state index contributed by atoms with van der Waals surface area (Å²) < 4.78 is 15.9. The first-order valence-electron chi connectivity index (χ1n) is 37.0. The summed E-state index contributed by atoms with van der Waals surface area (Å²) in [6.45, 7) is 4.71. The van der Waals surface area contributed by atoms with Crippen molar-refractivity contribution in [3.05, 3.63) is 270 Å². The van der Waals surface area contributed by atoms with E-state index in [1.54, 1.807) is 34.5 Å². The molecule has 6 aromatic carbocycles. The van der Waals surface area contributed by atoms with Gasteiger partial charge in [-0.15, -0.1) is 12.4 Å². The van der Waals surface area contributed by atoms with Gasteiger partial charge in [0.1, 0.15) is 11.6 Å². The van der Waals surface area contributed by atoms with Gasteiger partial charge in [-0.3, -0.25) is 33.6 Å². The van der Waals surface area contributed by atoms with Crippen LogP contribution in [0.2, 0.25) is 0 Å². The summed E-state index contributed by atoms with van der Waals surface area (Å²) in [4.78, 5) is 60.0. The number of rotatable bonds is 3. The van der Waals surface area contributed by atoms with Gasteiger partial charge in [0.2, 0.25) is 11.8 Å². The summed E-state index contributed by atoms with van der Waals surface area (Å²) in [7, 11) is 1.76. The second-order valence-electron chi connectivity index (χ2n) is 28.7. The number of fused-ring (bicyclic) bond motifs is 13. The second kappa shape index (κ2) is 32.8. The molecule has 6 aliphatic heterocycles. The Kier molecular flexibility index (Phi) is 22.9. The van der Waals surface area contributed by atoms with Crippen LogP contribution in [0, 0.1) is 5.82 Å². The summed E-state index contributed by atoms with van der Waals surface area (Å²) in [5, 5.41) is 9.78. The summed E-state index contributed by atoms with van der Waals surface area (Å²) in [6, 6.07) is 56.4. The number of pyridine rings is 1. The zero-order valence-electron chi connectivity index (χ0n) is 58.0. The van der Waals surface area contributed by atoms with E-state index in [1.165, 1.54) is 144 Å². The van der Waals surface area contributed by atoms with Gasteiger partial charge in [0.25, 0.3) is 5.56 Å². The SMILES string of the molecule is C1=C(N2CCCC2)CCc2ccccc21.Cl.Cn1c(C2CCCC3c4ccccc4CCN32)nc(-c2ccncc2F)cc1=O.O=C1CCC2=C(CCc3ccccc32)N1.O=C1CC[C@H]2c3ccccc3CC[C@@H]2N1.O=C1CCc2ccccc2C1.c1ccc2c(c1)CC[C@@H]1NCCC[C@@H]21. The first-order chi connectivity index (χ1) is 48.6. The van der Waals surface area contributed by atoms with Crippen LogP contribution in [-0.2, 0) is 66.4 Å². The van der Waals surface area contributed by atoms with Crippen molar-refractivity contribution >= 4 is 41.7 Å². The van der Waals surface area contributed by atoms with E-state index in [9.17, 15) is 23.6 Å². The standard InChI is InChI=1S/C23H23FN4O.C14H17N.C13H15NO.C13H13NO.C13H17N.C10H10O.ClH/c1-27-22(29)13-19(17-9-11-25-14-18(17)24)26-23(27)21-8-4-7-20-16-6-3-2-5-15(16)10-12-28(20)21;1-2-6-13-11-14(8-7-12(13)5-1)15-9-3-4-10-15;2*15-13-8-6-11-10-4-2-1-3-9(10)5-7-12(11)14-13;1-2-5-11-10(4-1)7-8-13-12(11)6-3-9-14-13;11-10-6-5-8-3-1-2-4-9(8)7-10;/h2-3,5-6,9,11,13-14,20-21H,4,7-8,10,12H2,1H3;1-2,5-6,11H,3-4,7-10H2;1-4,11-12H,5-8H2,(H,14,15);1-4H,5-8H2,(H,14,15);1-2,4-5,12-14H,3,6-9H2;1-4H,5-7H2;1H/t;;11-,12-;;12-,13-;;/m..0.0../s1. The topological polar surface area (TPSA) is 142 Å². The van der Waals surface area contributed by atoms with Gasteiger partial charge in [-0.25, -0.2) is 9.37 Å². The Labute approximate surface area is 595 Å². The molecule has 0 spiro atoms. The Balaban J connectivity index is 0.000000111. The molecule has 2 aromatic heterocycles. The maximum absolute atomic E-state index is 14.3. The quantitative estimate of drug-likeness (QED) is 0.158. The Morgan fingerprint density at radius 3 is 1.89 bits per heavy atom. The number of Topliss-reactive ketones (excluding diaryl/α,β-unsaturated/α-hetero) is 1. The predicted molar refractivity (Wildman–Crippen MR) is 399 cm³/mol. The molecule has 0 radical (unpaired) electrons. The van der Waals surface area contributed by atoms with E-state index in [2.05, 4.69) is 164 Å². The van der Waals surface area contributed by atoms with E-state index in [-0.39, 0.29) is 35.8 Å². The maximum Gasteiger partial charge on any atom is 0.253 e. The number of ketones is 1. The van der Waals surface area contributed by atoms with Gasteiger partial charge in [0.05, 0.1) is 17.9 Å². The van der Waals surface area contributed by atoms with Crippen LogP contribution in [0.25, 0.3) is 22.9 Å². The van der Waals surface area contributed by atoms with Crippen LogP contribution in [0.3, 0.4) is 0 Å². The molecule has 518 valence electrons. The molecule has 8 heterocycles. The Morgan fingerprint density at radius 2 is 1.13 bits per heavy atom. The van der Waals surface area contributed by atoms with E-state index >= 15 is 0 Å². The number of hydrogen-bond acceptors (Lipinski definition) is 9. The molecule has 19 rings (SSSR count). The zero-order valence-corrected chi connectivity index (χ0v) is 58.8. The number of allylic oxidation sites excluding steroid dienone is 3. The third kappa shape index (κ3) is 16.1. The van der Waals surface area contributed by atoms with Gasteiger partial charge in [0, 0.05) is 106 Å². The lowest BCUT2D eigenvalue weighted by molar-refractivity contribution is -0.124. The average molecular weight is 1360 g/mol. The molecule has 3 N–H and O–H groups in total. The Morgan fingerprint density at radius 1 is 0.500 bits per heavy atom. The van der Waals surface area contributed by atoms with Crippen molar-refractivity contribution in [1.82, 2.24) is 40.3 Å². The van der Waals surface area contributed by atoms with E-state index in [1.807, 2.05) is 18.2 Å². The van der Waals surface area contributed by atoms with Crippen LogP contribution < -0.4 is 21.5 Å². The van der Waals surface area contributed by atoms with Gasteiger partial charge >= 0.3 is 0 Å². The zero-order chi connectivity index (χ0) is 67.6. The smallest absolute Gasteiger partial charge is 0.253 e. The maximum atomic E-state index is 14.3. The van der Waals surface area contributed by atoms with Crippen LogP contribution in [0.4, 0.5) is 4.39 Å². The predicted octanol–water partition coefficient (Wildman–Crippen LogP) is 15.8. The van der Waals surface area contributed by atoms with Gasteiger partial charge in [-0.2, -0.15) is 0 Å². The third-order valence-electron chi connectivity index (χ3n) is 22.7. The summed E-state index contributed by atoms with van der Waals surface area (Å²) >= 11 is 0. The number of piperidine rings is 3. The third-order valence-corrected chi connectivity index (χ3v) is 22.7. The molecule has 2 amide bonds. The molecule has 8 aromatic rings. The molecule has 0 saturated carbocycles. The average Bonchev–Trinajstić information content (AvgIpc) is 0.859. The molecule has 0 bridgehead atoms. The molecule has 6 atom stereocenters. The van der Waals surface area contributed by atoms with E-state index in [4.69, 9.17) is 4.98 Å². The minimum Gasteiger partial charge on any atom is -0.375 e. The molecule has 14 heteroatoms. The van der Waals surface area contributed by atoms with Crippen LogP contribution in [-0.4, -0.2) is 80.2 Å². The number of carbonyl (C=O) groups excluding carboxylic acids is 3. The van der Waals surface area contributed by atoms with Crippen molar-refractivity contribution < 1.29 is 18.8 Å². The molecule has 11 aliphatic rings. The number of aromatic nitrogens is 3. The van der Waals surface area contributed by atoms with Crippen molar-refractivity contribution in [3.8, 4) is 11.3 Å². The number of likely N-dealkylation sites (tertiary alicyclic amines) is 1. The summed E-state index contributed by atoms with van der Waals surface area (Å²) in [6.07, 6.45) is 29.5. The number of nitrogens with one attached hydrogen (secondary N) is 3. The minimum absolute atomic E-state index is 0. The fourth-order valence-electron chi connectivity index (χ4n) is 17.6. The number of aryl methyl sites for hydroxylation is 5.